The van der Waals surface area contributed by atoms with Crippen molar-refractivity contribution in [1.82, 2.24) is 5.32 Å². The molecule has 0 bridgehead atoms. The highest BCUT2D eigenvalue weighted by Crippen LogP contribution is 2.39. The number of fused-ring (bicyclic) bond motifs is 2. The number of carbonyl (C=O) groups is 1. The zero-order valence-electron chi connectivity index (χ0n) is 23.2. The summed E-state index contributed by atoms with van der Waals surface area (Å²) >= 11 is 0. The molecule has 2 fully saturated rings. The number of rotatable bonds is 6. The van der Waals surface area contributed by atoms with E-state index in [1.54, 1.807) is 0 Å². The van der Waals surface area contributed by atoms with Crippen molar-refractivity contribution in [3.63, 3.8) is 0 Å². The van der Waals surface area contributed by atoms with Crippen molar-refractivity contribution in [3.8, 4) is 11.5 Å². The normalized spacial score (nSPS) is 24.0. The van der Waals surface area contributed by atoms with Gasteiger partial charge in [-0.25, -0.2) is 0 Å². The van der Waals surface area contributed by atoms with Gasteiger partial charge in [0.15, 0.2) is 0 Å². The third-order valence-corrected chi connectivity index (χ3v) is 8.36. The van der Waals surface area contributed by atoms with Crippen molar-refractivity contribution >= 4 is 17.3 Å². The first-order chi connectivity index (χ1) is 18.5. The summed E-state index contributed by atoms with van der Waals surface area (Å²) in [7, 11) is 0. The SMILES string of the molecule is C.C.CCC(=O)N[C@H]1CCN(c2cccc3c2CC(CC)O3)C1.CCC1Cc2c(cccc2N2CC[C@H](N)C2)O1. The number of anilines is 2. The van der Waals surface area contributed by atoms with E-state index in [0.717, 1.165) is 76.2 Å². The van der Waals surface area contributed by atoms with Crippen LogP contribution >= 0.6 is 0 Å². The minimum atomic E-state index is 0. The lowest BCUT2D eigenvalue weighted by Crippen LogP contribution is -2.36. The molecule has 4 aliphatic rings. The monoisotopic (exact) mass is 552 g/mol. The molecule has 2 aromatic carbocycles. The molecule has 7 heteroatoms. The Kier molecular flexibility index (Phi) is 11.1. The molecule has 0 radical (unpaired) electrons. The number of ether oxygens (including phenoxy) is 2. The van der Waals surface area contributed by atoms with E-state index in [1.165, 1.54) is 22.5 Å². The Hall–Kier alpha value is -2.93. The van der Waals surface area contributed by atoms with Crippen molar-refractivity contribution in [2.75, 3.05) is 36.0 Å². The molecule has 6 rings (SSSR count). The fraction of sp³-hybridized carbons (Fsp3) is 0.606. The molecule has 3 N–H and O–H groups in total. The van der Waals surface area contributed by atoms with Crippen LogP contribution in [0.2, 0.25) is 0 Å². The predicted octanol–water partition coefficient (Wildman–Crippen LogP) is 5.71. The van der Waals surface area contributed by atoms with Gasteiger partial charge in [0.1, 0.15) is 23.7 Å². The van der Waals surface area contributed by atoms with Crippen LogP contribution in [0.5, 0.6) is 11.5 Å². The molecule has 4 heterocycles. The summed E-state index contributed by atoms with van der Waals surface area (Å²) in [5, 5.41) is 3.10. The minimum Gasteiger partial charge on any atom is -0.490 e. The summed E-state index contributed by atoms with van der Waals surface area (Å²) in [6.45, 7) is 10.2. The Labute approximate surface area is 242 Å². The second-order valence-corrected chi connectivity index (χ2v) is 11.1. The molecule has 4 aliphatic heterocycles. The first kappa shape index (κ1) is 31.6. The van der Waals surface area contributed by atoms with Gasteiger partial charge in [0.05, 0.1) is 0 Å². The molecular weight excluding hydrogens is 500 g/mol. The van der Waals surface area contributed by atoms with E-state index >= 15 is 0 Å². The maximum Gasteiger partial charge on any atom is 0.219 e. The van der Waals surface area contributed by atoms with E-state index in [0.29, 0.717) is 24.7 Å². The topological polar surface area (TPSA) is 80.1 Å². The fourth-order valence-corrected chi connectivity index (χ4v) is 6.12. The van der Waals surface area contributed by atoms with Gasteiger partial charge in [0.2, 0.25) is 5.91 Å². The van der Waals surface area contributed by atoms with Gasteiger partial charge in [-0.15, -0.1) is 0 Å². The van der Waals surface area contributed by atoms with Crippen LogP contribution in [0.3, 0.4) is 0 Å². The zero-order chi connectivity index (χ0) is 26.6. The standard InChI is InChI=1S/C17H24N2O2.C14H20N2O.2CH4/c1-3-13-10-14-15(6-5-7-16(14)21-13)19-9-8-12(11-19)18-17(20)4-2;1-2-11-8-12-13(4-3-5-14(12)17-11)16-7-6-10(15)9-16;;/h5-7,12-13H,3-4,8-11H2,1-2H3,(H,18,20);3-5,10-11H,2,6-9,15H2,1H3;2*1H4/t12-,13?;10-,11?;;/m00../s1. The summed E-state index contributed by atoms with van der Waals surface area (Å²) in [6, 6.07) is 13.3. The van der Waals surface area contributed by atoms with Gasteiger partial charge in [-0.1, -0.05) is 47.8 Å². The maximum absolute atomic E-state index is 11.5. The van der Waals surface area contributed by atoms with E-state index in [2.05, 4.69) is 65.4 Å². The second-order valence-electron chi connectivity index (χ2n) is 11.1. The zero-order valence-corrected chi connectivity index (χ0v) is 23.2. The van der Waals surface area contributed by atoms with E-state index in [9.17, 15) is 4.79 Å². The van der Waals surface area contributed by atoms with E-state index < -0.39 is 0 Å². The first-order valence-corrected chi connectivity index (χ1v) is 14.6. The predicted molar refractivity (Wildman–Crippen MR) is 167 cm³/mol. The maximum atomic E-state index is 11.5. The second kappa shape index (κ2) is 14.1. The van der Waals surface area contributed by atoms with Crippen LogP contribution in [-0.4, -0.2) is 56.4 Å². The Morgan fingerprint density at radius 2 is 1.38 bits per heavy atom. The molecule has 1 amide bonds. The van der Waals surface area contributed by atoms with Crippen molar-refractivity contribution in [3.05, 3.63) is 47.5 Å². The molecule has 4 atom stereocenters. The number of hydrogen-bond donors (Lipinski definition) is 2. The van der Waals surface area contributed by atoms with Crippen LogP contribution in [0.4, 0.5) is 11.4 Å². The van der Waals surface area contributed by atoms with Gasteiger partial charge < -0.3 is 30.3 Å². The van der Waals surface area contributed by atoms with Gasteiger partial charge in [-0.05, 0) is 49.9 Å². The number of carbonyl (C=O) groups excluding carboxylic acids is 1. The number of nitrogens with zero attached hydrogens (tertiary/aromatic N) is 2. The van der Waals surface area contributed by atoms with Crippen LogP contribution < -0.4 is 30.3 Å². The van der Waals surface area contributed by atoms with Crippen molar-refractivity contribution in [1.29, 1.82) is 0 Å². The van der Waals surface area contributed by atoms with Gasteiger partial charge in [0, 0.05) is 80.0 Å². The first-order valence-electron chi connectivity index (χ1n) is 14.6. The Morgan fingerprint density at radius 3 is 1.85 bits per heavy atom. The van der Waals surface area contributed by atoms with Crippen molar-refractivity contribution in [2.24, 2.45) is 5.73 Å². The fourth-order valence-electron chi connectivity index (χ4n) is 6.12. The Bertz CT molecular complexity index is 1120. The molecule has 0 saturated carbocycles. The van der Waals surface area contributed by atoms with E-state index in [4.69, 9.17) is 15.2 Å². The third kappa shape index (κ3) is 6.85. The number of benzene rings is 2. The summed E-state index contributed by atoms with van der Waals surface area (Å²) in [5.41, 5.74) is 11.3. The highest BCUT2D eigenvalue weighted by Gasteiger charge is 2.30. The van der Waals surface area contributed by atoms with Crippen molar-refractivity contribution < 1.29 is 14.3 Å². The highest BCUT2D eigenvalue weighted by molar-refractivity contribution is 5.76. The molecule has 7 nitrogen and oxygen atoms in total. The molecule has 40 heavy (non-hydrogen) atoms. The summed E-state index contributed by atoms with van der Waals surface area (Å²) < 4.78 is 11.9. The average molecular weight is 553 g/mol. The number of hydrogen-bond acceptors (Lipinski definition) is 6. The number of nitrogens with two attached hydrogens (primary N) is 1. The van der Waals surface area contributed by atoms with E-state index in [-0.39, 0.29) is 26.8 Å². The van der Waals surface area contributed by atoms with Crippen LogP contribution in [0.15, 0.2) is 36.4 Å². The number of nitrogens with one attached hydrogen (secondary N) is 1. The third-order valence-electron chi connectivity index (χ3n) is 8.36. The van der Waals surface area contributed by atoms with Crippen LogP contribution in [0.1, 0.15) is 78.9 Å². The molecule has 2 saturated heterocycles. The summed E-state index contributed by atoms with van der Waals surface area (Å²) in [4.78, 5) is 16.3. The molecular formula is C33H52N4O3. The number of amides is 1. The minimum absolute atomic E-state index is 0. The van der Waals surface area contributed by atoms with Crippen LogP contribution in [-0.2, 0) is 17.6 Å². The Balaban J connectivity index is 0.000000214. The average Bonchev–Trinajstić information content (AvgIpc) is 3.73. The van der Waals surface area contributed by atoms with Crippen LogP contribution in [0.25, 0.3) is 0 Å². The van der Waals surface area contributed by atoms with Gasteiger partial charge >= 0.3 is 0 Å². The summed E-state index contributed by atoms with van der Waals surface area (Å²) in [6.07, 6.45) is 7.54. The largest absolute Gasteiger partial charge is 0.490 e. The van der Waals surface area contributed by atoms with Crippen molar-refractivity contribution in [2.45, 2.75) is 105 Å². The molecule has 2 unspecified atom stereocenters. The lowest BCUT2D eigenvalue weighted by atomic mass is 10.1. The Morgan fingerprint density at radius 1 is 0.850 bits per heavy atom. The lowest BCUT2D eigenvalue weighted by molar-refractivity contribution is -0.121. The summed E-state index contributed by atoms with van der Waals surface area (Å²) in [5.74, 6) is 2.27. The molecule has 0 aliphatic carbocycles. The quantitative estimate of drug-likeness (QED) is 0.478. The highest BCUT2D eigenvalue weighted by atomic mass is 16.5. The smallest absolute Gasteiger partial charge is 0.219 e. The van der Waals surface area contributed by atoms with Crippen LogP contribution in [0, 0.1) is 0 Å². The van der Waals surface area contributed by atoms with E-state index in [1.807, 2.05) is 6.92 Å². The van der Waals surface area contributed by atoms with Gasteiger partial charge in [-0.3, -0.25) is 4.79 Å². The van der Waals surface area contributed by atoms with Gasteiger partial charge in [-0.2, -0.15) is 0 Å². The molecule has 0 spiro atoms. The molecule has 222 valence electrons. The van der Waals surface area contributed by atoms with Gasteiger partial charge in [0.25, 0.3) is 0 Å². The lowest BCUT2D eigenvalue weighted by Gasteiger charge is -2.21. The molecule has 0 aromatic heterocycles. The molecule has 2 aromatic rings.